The Morgan fingerprint density at radius 2 is 1.62 bits per heavy atom. The maximum Gasteiger partial charge on any atom is 0.123 e. The number of rotatable bonds is 4. The van der Waals surface area contributed by atoms with E-state index in [-0.39, 0.29) is 11.9 Å². The fourth-order valence-corrected chi connectivity index (χ4v) is 3.09. The van der Waals surface area contributed by atoms with Crippen LogP contribution in [0.25, 0.3) is 0 Å². The Morgan fingerprint density at radius 3 is 2.14 bits per heavy atom. The first-order valence-electron chi connectivity index (χ1n) is 7.21. The van der Waals surface area contributed by atoms with E-state index in [1.165, 1.54) is 28.3 Å². The molecule has 0 heterocycles. The summed E-state index contributed by atoms with van der Waals surface area (Å²) in [5.41, 5.74) is 9.93. The summed E-state index contributed by atoms with van der Waals surface area (Å²) >= 11 is 0. The summed E-state index contributed by atoms with van der Waals surface area (Å²) in [7, 11) is 0. The zero-order valence-electron chi connectivity index (χ0n) is 13.1. The molecule has 1 unspecified atom stereocenters. The van der Waals surface area contributed by atoms with Crippen molar-refractivity contribution in [2.75, 3.05) is 0 Å². The largest absolute Gasteiger partial charge is 0.271 e. The standard InChI is InChI=1S/C18H23FN2/c1-11-7-13(3)18(14(4)8-11)17(21-20)10-15-5-6-16(19)9-12(15)2/h5-9,17,21H,10,20H2,1-4H3. The lowest BCUT2D eigenvalue weighted by atomic mass is 9.89. The Kier molecular flexibility index (Phi) is 4.76. The number of nitrogens with two attached hydrogens (primary N) is 1. The van der Waals surface area contributed by atoms with Gasteiger partial charge in [-0.1, -0.05) is 23.8 Å². The normalized spacial score (nSPS) is 12.5. The molecular formula is C18H23FN2. The highest BCUT2D eigenvalue weighted by atomic mass is 19.1. The van der Waals surface area contributed by atoms with Crippen LogP contribution in [-0.4, -0.2) is 0 Å². The summed E-state index contributed by atoms with van der Waals surface area (Å²) in [6, 6.07) is 9.28. The monoisotopic (exact) mass is 286 g/mol. The van der Waals surface area contributed by atoms with E-state index in [0.29, 0.717) is 0 Å². The zero-order valence-corrected chi connectivity index (χ0v) is 13.1. The second kappa shape index (κ2) is 6.37. The molecule has 0 aliphatic rings. The third kappa shape index (κ3) is 3.49. The molecule has 0 fully saturated rings. The van der Waals surface area contributed by atoms with Crippen LogP contribution < -0.4 is 11.3 Å². The molecule has 3 N–H and O–H groups in total. The molecule has 2 aromatic carbocycles. The van der Waals surface area contributed by atoms with E-state index < -0.39 is 0 Å². The molecule has 112 valence electrons. The van der Waals surface area contributed by atoms with E-state index in [1.54, 1.807) is 6.07 Å². The van der Waals surface area contributed by atoms with Gasteiger partial charge in [0.05, 0.1) is 6.04 Å². The number of nitrogens with one attached hydrogen (secondary N) is 1. The first kappa shape index (κ1) is 15.7. The smallest absolute Gasteiger partial charge is 0.123 e. The first-order chi connectivity index (χ1) is 9.92. The van der Waals surface area contributed by atoms with Gasteiger partial charge >= 0.3 is 0 Å². The number of hydrazine groups is 1. The summed E-state index contributed by atoms with van der Waals surface area (Å²) < 4.78 is 13.2. The fourth-order valence-electron chi connectivity index (χ4n) is 3.09. The molecule has 2 aromatic rings. The van der Waals surface area contributed by atoms with Crippen molar-refractivity contribution < 1.29 is 4.39 Å². The topological polar surface area (TPSA) is 38.0 Å². The van der Waals surface area contributed by atoms with Crippen LogP contribution in [-0.2, 0) is 6.42 Å². The van der Waals surface area contributed by atoms with Crippen LogP contribution in [0.15, 0.2) is 30.3 Å². The summed E-state index contributed by atoms with van der Waals surface area (Å²) in [5.74, 6) is 5.59. The molecule has 1 atom stereocenters. The molecular weight excluding hydrogens is 263 g/mol. The van der Waals surface area contributed by atoms with Gasteiger partial charge in [0.15, 0.2) is 0 Å². The van der Waals surface area contributed by atoms with Gasteiger partial charge in [0.1, 0.15) is 5.82 Å². The van der Waals surface area contributed by atoms with Gasteiger partial charge in [0, 0.05) is 0 Å². The number of aryl methyl sites for hydroxylation is 4. The Hall–Kier alpha value is -1.71. The van der Waals surface area contributed by atoms with E-state index in [1.807, 2.05) is 13.0 Å². The number of halogens is 1. The number of hydrogen-bond acceptors (Lipinski definition) is 2. The van der Waals surface area contributed by atoms with Crippen LogP contribution in [0.1, 0.15) is 39.4 Å². The molecule has 2 nitrogen and oxygen atoms in total. The quantitative estimate of drug-likeness (QED) is 0.662. The molecule has 0 saturated heterocycles. The lowest BCUT2D eigenvalue weighted by Gasteiger charge is -2.22. The van der Waals surface area contributed by atoms with Gasteiger partial charge in [-0.2, -0.15) is 0 Å². The van der Waals surface area contributed by atoms with Crippen molar-refractivity contribution in [1.29, 1.82) is 0 Å². The Labute approximate surface area is 126 Å². The van der Waals surface area contributed by atoms with Gasteiger partial charge in [-0.15, -0.1) is 0 Å². The molecule has 0 spiro atoms. The van der Waals surface area contributed by atoms with E-state index in [2.05, 4.69) is 38.3 Å². The van der Waals surface area contributed by atoms with Crippen molar-refractivity contribution in [3.8, 4) is 0 Å². The molecule has 0 aliphatic heterocycles. The van der Waals surface area contributed by atoms with Crippen LogP contribution in [0.3, 0.4) is 0 Å². The minimum absolute atomic E-state index is 0.0229. The van der Waals surface area contributed by atoms with Gasteiger partial charge < -0.3 is 0 Å². The molecule has 0 amide bonds. The van der Waals surface area contributed by atoms with Crippen molar-refractivity contribution in [3.05, 3.63) is 69.5 Å². The predicted octanol–water partition coefficient (Wildman–Crippen LogP) is 3.81. The zero-order chi connectivity index (χ0) is 15.6. The molecule has 3 heteroatoms. The molecule has 2 rings (SSSR count). The maximum absolute atomic E-state index is 13.2. The van der Waals surface area contributed by atoms with Crippen LogP contribution in [0.4, 0.5) is 4.39 Å². The average Bonchev–Trinajstić information content (AvgIpc) is 2.39. The van der Waals surface area contributed by atoms with Gasteiger partial charge in [0.2, 0.25) is 0 Å². The fraction of sp³-hybridized carbons (Fsp3) is 0.333. The van der Waals surface area contributed by atoms with Crippen LogP contribution in [0.2, 0.25) is 0 Å². The van der Waals surface area contributed by atoms with Crippen LogP contribution >= 0.6 is 0 Å². The Morgan fingerprint density at radius 1 is 1.00 bits per heavy atom. The van der Waals surface area contributed by atoms with Crippen LogP contribution in [0.5, 0.6) is 0 Å². The minimum atomic E-state index is -0.198. The average molecular weight is 286 g/mol. The lowest BCUT2D eigenvalue weighted by molar-refractivity contribution is 0.544. The number of hydrogen-bond donors (Lipinski definition) is 2. The molecule has 0 aromatic heterocycles. The highest BCUT2D eigenvalue weighted by Gasteiger charge is 2.17. The number of benzene rings is 2. The SMILES string of the molecule is Cc1cc(C)c(C(Cc2ccc(F)cc2C)NN)c(C)c1. The molecule has 0 aliphatic carbocycles. The summed E-state index contributed by atoms with van der Waals surface area (Å²) in [5, 5.41) is 0. The minimum Gasteiger partial charge on any atom is -0.271 e. The summed E-state index contributed by atoms with van der Waals surface area (Å²) in [6.45, 7) is 8.24. The van der Waals surface area contributed by atoms with E-state index in [0.717, 1.165) is 17.5 Å². The Balaban J connectivity index is 2.37. The summed E-state index contributed by atoms with van der Waals surface area (Å²) in [4.78, 5) is 0. The molecule has 0 bridgehead atoms. The third-order valence-electron chi connectivity index (χ3n) is 4.02. The van der Waals surface area contributed by atoms with Crippen LogP contribution in [0, 0.1) is 33.5 Å². The van der Waals surface area contributed by atoms with Gasteiger partial charge in [-0.25, -0.2) is 4.39 Å². The van der Waals surface area contributed by atoms with Gasteiger partial charge in [-0.3, -0.25) is 11.3 Å². The van der Waals surface area contributed by atoms with Crippen molar-refractivity contribution in [2.24, 2.45) is 5.84 Å². The first-order valence-corrected chi connectivity index (χ1v) is 7.21. The lowest BCUT2D eigenvalue weighted by Crippen LogP contribution is -2.31. The highest BCUT2D eigenvalue weighted by Crippen LogP contribution is 2.27. The third-order valence-corrected chi connectivity index (χ3v) is 4.02. The van der Waals surface area contributed by atoms with Gasteiger partial charge in [0.25, 0.3) is 0 Å². The van der Waals surface area contributed by atoms with Crippen molar-refractivity contribution in [3.63, 3.8) is 0 Å². The maximum atomic E-state index is 13.2. The van der Waals surface area contributed by atoms with E-state index >= 15 is 0 Å². The molecule has 21 heavy (non-hydrogen) atoms. The molecule has 0 radical (unpaired) electrons. The Bertz CT molecular complexity index is 627. The van der Waals surface area contributed by atoms with Crippen molar-refractivity contribution in [1.82, 2.24) is 5.43 Å². The second-order valence-corrected chi connectivity index (χ2v) is 5.81. The van der Waals surface area contributed by atoms with Gasteiger partial charge in [-0.05, 0) is 74.1 Å². The van der Waals surface area contributed by atoms with E-state index in [4.69, 9.17) is 5.84 Å². The summed E-state index contributed by atoms with van der Waals surface area (Å²) in [6.07, 6.45) is 0.743. The predicted molar refractivity (Wildman–Crippen MR) is 85.6 cm³/mol. The molecule has 0 saturated carbocycles. The van der Waals surface area contributed by atoms with E-state index in [9.17, 15) is 4.39 Å². The van der Waals surface area contributed by atoms with Crippen molar-refractivity contribution in [2.45, 2.75) is 40.2 Å². The second-order valence-electron chi connectivity index (χ2n) is 5.81. The highest BCUT2D eigenvalue weighted by molar-refractivity contribution is 5.41. The van der Waals surface area contributed by atoms with Crippen molar-refractivity contribution >= 4 is 0 Å².